The minimum absolute atomic E-state index is 0.0150. The summed E-state index contributed by atoms with van der Waals surface area (Å²) in [5.41, 5.74) is -1.16. The lowest BCUT2D eigenvalue weighted by molar-refractivity contribution is -0.140. The van der Waals surface area contributed by atoms with Crippen molar-refractivity contribution in [1.29, 1.82) is 0 Å². The maximum absolute atomic E-state index is 11.3. The summed E-state index contributed by atoms with van der Waals surface area (Å²) in [7, 11) is 0. The van der Waals surface area contributed by atoms with Gasteiger partial charge in [-0.25, -0.2) is 0 Å². The lowest BCUT2D eigenvalue weighted by Gasteiger charge is -2.29. The number of carbonyl (C=O) groups is 1. The molecule has 5 heteroatoms. The second kappa shape index (κ2) is 9.53. The summed E-state index contributed by atoms with van der Waals surface area (Å²) in [6.45, 7) is 6.34. The number of unbranched alkanes of at least 4 members (excludes halogenated alkanes) is 2. The minimum atomic E-state index is -0.812. The van der Waals surface area contributed by atoms with Gasteiger partial charge in [0.15, 0.2) is 0 Å². The summed E-state index contributed by atoms with van der Waals surface area (Å²) in [6, 6.07) is 0. The van der Waals surface area contributed by atoms with Gasteiger partial charge in [-0.05, 0) is 37.0 Å². The Balaban J connectivity index is 1.85. The first-order valence-corrected chi connectivity index (χ1v) is 10.6. The third-order valence-electron chi connectivity index (χ3n) is 6.29. The number of aliphatic hydroxyl groups excluding tert-OH is 1. The molecule has 0 aliphatic heterocycles. The number of carboxylic acid groups (broad SMARTS) is 1. The molecule has 0 amide bonds. The Morgan fingerprint density at radius 2 is 2.07 bits per heavy atom. The molecule has 0 radical (unpaired) electrons. The standard InChI is InChI=1S/C22H38O5/c1-4-5-6-7-18(23)11-10-16-8-9-17-12-19(13-22(16,17)26)27-15-21(2,3)14-20(24)25/h10-11,16-19,23,26H,4-9,12-15H2,1-3H3,(H,24,25)/t16-,17+,18?,19?,22+/m0/s1. The van der Waals surface area contributed by atoms with Crippen LogP contribution in [0.5, 0.6) is 0 Å². The third kappa shape index (κ3) is 6.30. The third-order valence-corrected chi connectivity index (χ3v) is 6.29. The van der Waals surface area contributed by atoms with Crippen molar-refractivity contribution in [1.82, 2.24) is 0 Å². The van der Waals surface area contributed by atoms with Crippen LogP contribution in [0.25, 0.3) is 0 Å². The van der Waals surface area contributed by atoms with E-state index < -0.39 is 23.1 Å². The first kappa shape index (κ1) is 22.4. The van der Waals surface area contributed by atoms with E-state index in [-0.39, 0.29) is 24.4 Å². The lowest BCUT2D eigenvalue weighted by Crippen LogP contribution is -2.35. The largest absolute Gasteiger partial charge is 0.481 e. The van der Waals surface area contributed by atoms with Gasteiger partial charge in [0.1, 0.15) is 0 Å². The molecule has 2 saturated carbocycles. The maximum Gasteiger partial charge on any atom is 0.303 e. The first-order chi connectivity index (χ1) is 12.7. The molecule has 2 aliphatic rings. The smallest absolute Gasteiger partial charge is 0.303 e. The summed E-state index contributed by atoms with van der Waals surface area (Å²) in [4.78, 5) is 11.0. The van der Waals surface area contributed by atoms with E-state index in [2.05, 4.69) is 6.92 Å². The fraction of sp³-hybridized carbons (Fsp3) is 0.864. The maximum atomic E-state index is 11.3. The van der Waals surface area contributed by atoms with E-state index in [0.717, 1.165) is 44.9 Å². The molecular weight excluding hydrogens is 344 g/mol. The Labute approximate surface area is 163 Å². The number of ether oxygens (including phenoxy) is 1. The Morgan fingerprint density at radius 1 is 1.33 bits per heavy atom. The van der Waals surface area contributed by atoms with Crippen molar-refractivity contribution in [2.75, 3.05) is 6.61 Å². The summed E-state index contributed by atoms with van der Waals surface area (Å²) in [5, 5.41) is 30.4. The van der Waals surface area contributed by atoms with Gasteiger partial charge in [-0.15, -0.1) is 0 Å². The molecule has 0 saturated heterocycles. The average Bonchev–Trinajstić information content (AvgIpc) is 3.03. The van der Waals surface area contributed by atoms with E-state index in [0.29, 0.717) is 13.0 Å². The van der Waals surface area contributed by atoms with Crippen molar-refractivity contribution in [3.8, 4) is 0 Å². The SMILES string of the molecule is CCCCCC(O)C=C[C@@H]1CC[C@@H]2CC(OCC(C)(C)CC(=O)O)C[C@]21O. The molecule has 2 aliphatic carbocycles. The van der Waals surface area contributed by atoms with Gasteiger partial charge in [0, 0.05) is 12.3 Å². The Kier molecular flexibility index (Phi) is 7.90. The molecule has 3 N–H and O–H groups in total. The summed E-state index contributed by atoms with van der Waals surface area (Å²) in [6.07, 6.45) is 11.0. The van der Waals surface area contributed by atoms with Crippen LogP contribution in [-0.4, -0.2) is 45.7 Å². The van der Waals surface area contributed by atoms with Crippen molar-refractivity contribution in [2.24, 2.45) is 17.3 Å². The molecule has 5 nitrogen and oxygen atoms in total. The molecule has 0 heterocycles. The van der Waals surface area contributed by atoms with Crippen LogP contribution in [0.4, 0.5) is 0 Å². The molecular formula is C22H38O5. The zero-order valence-corrected chi connectivity index (χ0v) is 17.2. The van der Waals surface area contributed by atoms with Crippen LogP contribution in [0.1, 0.15) is 78.6 Å². The van der Waals surface area contributed by atoms with Crippen molar-refractivity contribution < 1.29 is 24.9 Å². The number of aliphatic carboxylic acids is 1. The van der Waals surface area contributed by atoms with Crippen LogP contribution in [0.15, 0.2) is 12.2 Å². The highest BCUT2D eigenvalue weighted by Crippen LogP contribution is 2.52. The van der Waals surface area contributed by atoms with Gasteiger partial charge in [-0.2, -0.15) is 0 Å². The van der Waals surface area contributed by atoms with Crippen molar-refractivity contribution in [3.63, 3.8) is 0 Å². The molecule has 2 unspecified atom stereocenters. The Morgan fingerprint density at radius 3 is 2.74 bits per heavy atom. The number of carboxylic acids is 1. The van der Waals surface area contributed by atoms with E-state index in [1.54, 1.807) is 0 Å². The Hall–Kier alpha value is -0.910. The van der Waals surface area contributed by atoms with E-state index in [9.17, 15) is 15.0 Å². The normalized spacial score (nSPS) is 32.1. The number of hydrogen-bond acceptors (Lipinski definition) is 4. The zero-order chi connectivity index (χ0) is 20.1. The molecule has 2 fully saturated rings. The fourth-order valence-corrected chi connectivity index (χ4v) is 4.74. The molecule has 0 aromatic heterocycles. The lowest BCUT2D eigenvalue weighted by atomic mass is 9.86. The molecule has 0 aromatic rings. The van der Waals surface area contributed by atoms with E-state index in [1.165, 1.54) is 0 Å². The molecule has 0 spiro atoms. The van der Waals surface area contributed by atoms with Crippen LogP contribution in [0.3, 0.4) is 0 Å². The molecule has 2 rings (SSSR count). The minimum Gasteiger partial charge on any atom is -0.481 e. The highest BCUT2D eigenvalue weighted by molar-refractivity contribution is 5.67. The summed E-state index contributed by atoms with van der Waals surface area (Å²) >= 11 is 0. The molecule has 0 bridgehead atoms. The number of fused-ring (bicyclic) bond motifs is 1. The average molecular weight is 383 g/mol. The van der Waals surface area contributed by atoms with Crippen molar-refractivity contribution >= 4 is 5.97 Å². The van der Waals surface area contributed by atoms with Crippen LogP contribution in [0.2, 0.25) is 0 Å². The molecule has 5 atom stereocenters. The van der Waals surface area contributed by atoms with Gasteiger partial charge < -0.3 is 20.1 Å². The van der Waals surface area contributed by atoms with Crippen LogP contribution in [-0.2, 0) is 9.53 Å². The van der Waals surface area contributed by atoms with E-state index in [4.69, 9.17) is 9.84 Å². The van der Waals surface area contributed by atoms with Gasteiger partial charge in [0.2, 0.25) is 0 Å². The van der Waals surface area contributed by atoms with E-state index in [1.807, 2.05) is 26.0 Å². The summed E-state index contributed by atoms with van der Waals surface area (Å²) in [5.74, 6) is -0.505. The van der Waals surface area contributed by atoms with Gasteiger partial charge in [0.25, 0.3) is 0 Å². The predicted molar refractivity (Wildman–Crippen MR) is 105 cm³/mol. The number of aliphatic hydroxyl groups is 2. The Bertz CT molecular complexity index is 515. The van der Waals surface area contributed by atoms with Gasteiger partial charge in [0.05, 0.1) is 30.8 Å². The highest BCUT2D eigenvalue weighted by Gasteiger charge is 2.54. The summed E-state index contributed by atoms with van der Waals surface area (Å²) < 4.78 is 6.01. The highest BCUT2D eigenvalue weighted by atomic mass is 16.5. The quantitative estimate of drug-likeness (QED) is 0.372. The van der Waals surface area contributed by atoms with E-state index >= 15 is 0 Å². The van der Waals surface area contributed by atoms with Gasteiger partial charge in [-0.1, -0.05) is 52.2 Å². The second-order valence-electron chi connectivity index (χ2n) is 9.43. The second-order valence-corrected chi connectivity index (χ2v) is 9.43. The molecule has 156 valence electrons. The molecule has 27 heavy (non-hydrogen) atoms. The number of hydrogen-bond donors (Lipinski definition) is 3. The van der Waals surface area contributed by atoms with Gasteiger partial charge >= 0.3 is 5.97 Å². The van der Waals surface area contributed by atoms with Crippen LogP contribution < -0.4 is 0 Å². The number of rotatable bonds is 11. The van der Waals surface area contributed by atoms with Crippen LogP contribution >= 0.6 is 0 Å². The van der Waals surface area contributed by atoms with Crippen molar-refractivity contribution in [3.05, 3.63) is 12.2 Å². The zero-order valence-electron chi connectivity index (χ0n) is 17.2. The topological polar surface area (TPSA) is 87.0 Å². The first-order valence-electron chi connectivity index (χ1n) is 10.6. The van der Waals surface area contributed by atoms with Crippen molar-refractivity contribution in [2.45, 2.75) is 96.4 Å². The fourth-order valence-electron chi connectivity index (χ4n) is 4.74. The van der Waals surface area contributed by atoms with Crippen LogP contribution in [0, 0.1) is 17.3 Å². The van der Waals surface area contributed by atoms with Gasteiger partial charge in [-0.3, -0.25) is 4.79 Å². The molecule has 0 aromatic carbocycles. The predicted octanol–water partition coefficient (Wildman–Crippen LogP) is 3.92. The monoisotopic (exact) mass is 382 g/mol.